The zero-order valence-corrected chi connectivity index (χ0v) is 21.5. The first kappa shape index (κ1) is 25.7. The largest absolute Gasteiger partial charge is 0.369 e. The monoisotopic (exact) mass is 498 g/mol. The van der Waals surface area contributed by atoms with E-state index in [9.17, 15) is 13.2 Å². The van der Waals surface area contributed by atoms with E-state index < -0.39 is 15.9 Å². The Bertz CT molecular complexity index is 1050. The van der Waals surface area contributed by atoms with Crippen molar-refractivity contribution in [3.8, 4) is 0 Å². The summed E-state index contributed by atoms with van der Waals surface area (Å²) >= 11 is 0. The molecule has 190 valence electrons. The molecule has 4 rings (SSSR count). The Hall–Kier alpha value is -2.42. The third-order valence-corrected chi connectivity index (χ3v) is 8.66. The number of hydrogen-bond acceptors (Lipinski definition) is 6. The van der Waals surface area contributed by atoms with Crippen LogP contribution in [0.4, 0.5) is 5.69 Å². The molecule has 7 nitrogen and oxygen atoms in total. The number of benzene rings is 2. The van der Waals surface area contributed by atoms with Crippen molar-refractivity contribution in [2.24, 2.45) is 0 Å². The molecule has 0 aliphatic carbocycles. The Labute approximate surface area is 210 Å². The third kappa shape index (κ3) is 7.29. The SMILES string of the molecule is Cc1cccc(N2CCN(CCCCNC(=O)[C@@H](c3ccccc3)N3CCS(=O)(=O)CC3)CC2)c1. The molecule has 2 aromatic carbocycles. The van der Waals surface area contributed by atoms with Crippen LogP contribution in [0, 0.1) is 6.92 Å². The van der Waals surface area contributed by atoms with Crippen molar-refractivity contribution in [1.82, 2.24) is 15.1 Å². The van der Waals surface area contributed by atoms with Crippen LogP contribution in [-0.4, -0.2) is 88.0 Å². The number of nitrogens with zero attached hydrogens (tertiary/aromatic N) is 3. The molecule has 1 N–H and O–H groups in total. The summed E-state index contributed by atoms with van der Waals surface area (Å²) in [4.78, 5) is 20.1. The van der Waals surface area contributed by atoms with Gasteiger partial charge in [0.15, 0.2) is 9.84 Å². The second-order valence-electron chi connectivity index (χ2n) is 9.67. The van der Waals surface area contributed by atoms with E-state index in [-0.39, 0.29) is 17.4 Å². The van der Waals surface area contributed by atoms with Crippen molar-refractivity contribution in [1.29, 1.82) is 0 Å². The summed E-state index contributed by atoms with van der Waals surface area (Å²) in [6, 6.07) is 17.9. The van der Waals surface area contributed by atoms with E-state index in [2.05, 4.69) is 46.3 Å². The minimum Gasteiger partial charge on any atom is -0.369 e. The smallest absolute Gasteiger partial charge is 0.241 e. The molecule has 0 spiro atoms. The number of rotatable bonds is 9. The number of nitrogens with one attached hydrogen (secondary N) is 1. The lowest BCUT2D eigenvalue weighted by atomic mass is 10.0. The van der Waals surface area contributed by atoms with E-state index in [1.165, 1.54) is 11.3 Å². The molecule has 1 atom stereocenters. The fourth-order valence-electron chi connectivity index (χ4n) is 4.97. The van der Waals surface area contributed by atoms with Gasteiger partial charge in [-0.1, -0.05) is 42.5 Å². The molecule has 1 amide bonds. The quantitative estimate of drug-likeness (QED) is 0.536. The highest BCUT2D eigenvalue weighted by molar-refractivity contribution is 7.91. The maximum atomic E-state index is 13.1. The Morgan fingerprint density at radius 2 is 1.63 bits per heavy atom. The second kappa shape index (κ2) is 12.0. The summed E-state index contributed by atoms with van der Waals surface area (Å²) in [5.41, 5.74) is 3.52. The van der Waals surface area contributed by atoms with Gasteiger partial charge in [0, 0.05) is 51.5 Å². The van der Waals surface area contributed by atoms with E-state index in [0.717, 1.165) is 51.1 Å². The Kier molecular flexibility index (Phi) is 8.81. The molecule has 2 heterocycles. The number of aryl methyl sites for hydroxylation is 1. The van der Waals surface area contributed by atoms with Gasteiger partial charge in [-0.15, -0.1) is 0 Å². The maximum Gasteiger partial charge on any atom is 0.241 e. The number of sulfone groups is 1. The van der Waals surface area contributed by atoms with Gasteiger partial charge in [0.25, 0.3) is 0 Å². The first-order valence-electron chi connectivity index (χ1n) is 12.7. The Morgan fingerprint density at radius 1 is 0.914 bits per heavy atom. The summed E-state index contributed by atoms with van der Waals surface area (Å²) in [6.07, 6.45) is 1.97. The van der Waals surface area contributed by atoms with Crippen LogP contribution in [0.3, 0.4) is 0 Å². The minimum atomic E-state index is -2.99. The van der Waals surface area contributed by atoms with Gasteiger partial charge in [-0.25, -0.2) is 8.42 Å². The van der Waals surface area contributed by atoms with Gasteiger partial charge >= 0.3 is 0 Å². The molecule has 2 fully saturated rings. The molecular formula is C27H38N4O3S. The number of anilines is 1. The van der Waals surface area contributed by atoms with Gasteiger partial charge in [0.1, 0.15) is 6.04 Å². The number of unbranched alkanes of at least 4 members (excludes halogenated alkanes) is 1. The topological polar surface area (TPSA) is 73.0 Å². The number of hydrogen-bond donors (Lipinski definition) is 1. The minimum absolute atomic E-state index is 0.0396. The molecule has 2 saturated heterocycles. The summed E-state index contributed by atoms with van der Waals surface area (Å²) in [7, 11) is -2.99. The Balaban J connectivity index is 1.20. The molecule has 0 radical (unpaired) electrons. The summed E-state index contributed by atoms with van der Waals surface area (Å²) in [5.74, 6) is 0.184. The molecule has 0 bridgehead atoms. The van der Waals surface area contributed by atoms with Crippen LogP contribution < -0.4 is 10.2 Å². The summed E-state index contributed by atoms with van der Waals surface area (Å²) in [6.45, 7) is 8.82. The standard InChI is InChI=1S/C27H38N4O3S/c1-23-8-7-11-25(22-23)30-16-14-29(15-17-30)13-6-5-12-28-27(32)26(24-9-3-2-4-10-24)31-18-20-35(33,34)21-19-31/h2-4,7-11,22,26H,5-6,12-21H2,1H3,(H,28,32)/t26-/m1/s1. The molecule has 0 unspecified atom stereocenters. The molecule has 2 aliphatic heterocycles. The van der Waals surface area contributed by atoms with Crippen LogP contribution >= 0.6 is 0 Å². The molecule has 0 aromatic heterocycles. The predicted octanol–water partition coefficient (Wildman–Crippen LogP) is 2.49. The van der Waals surface area contributed by atoms with Crippen LogP contribution in [0.5, 0.6) is 0 Å². The first-order chi connectivity index (χ1) is 16.9. The van der Waals surface area contributed by atoms with Gasteiger partial charge < -0.3 is 10.2 Å². The van der Waals surface area contributed by atoms with Crippen molar-refractivity contribution in [3.63, 3.8) is 0 Å². The second-order valence-corrected chi connectivity index (χ2v) is 12.0. The molecule has 0 saturated carbocycles. The van der Waals surface area contributed by atoms with Crippen LogP contribution in [-0.2, 0) is 14.6 Å². The van der Waals surface area contributed by atoms with Gasteiger partial charge in [-0.2, -0.15) is 0 Å². The lowest BCUT2D eigenvalue weighted by molar-refractivity contribution is -0.126. The lowest BCUT2D eigenvalue weighted by Gasteiger charge is -2.36. The van der Waals surface area contributed by atoms with Crippen LogP contribution in [0.2, 0.25) is 0 Å². The number of amides is 1. The average Bonchev–Trinajstić information content (AvgIpc) is 2.86. The van der Waals surface area contributed by atoms with Gasteiger partial charge in [-0.3, -0.25) is 14.6 Å². The highest BCUT2D eigenvalue weighted by Gasteiger charge is 2.32. The number of carbonyl (C=O) groups is 1. The predicted molar refractivity (Wildman–Crippen MR) is 141 cm³/mol. The fraction of sp³-hybridized carbons (Fsp3) is 0.519. The van der Waals surface area contributed by atoms with Gasteiger partial charge in [0.05, 0.1) is 11.5 Å². The lowest BCUT2D eigenvalue weighted by Crippen LogP contribution is -2.48. The maximum absolute atomic E-state index is 13.1. The van der Waals surface area contributed by atoms with Crippen LogP contribution in [0.25, 0.3) is 0 Å². The van der Waals surface area contributed by atoms with Crippen molar-refractivity contribution >= 4 is 21.4 Å². The highest BCUT2D eigenvalue weighted by atomic mass is 32.2. The van der Waals surface area contributed by atoms with Crippen molar-refractivity contribution in [2.45, 2.75) is 25.8 Å². The molecule has 2 aliphatic rings. The van der Waals surface area contributed by atoms with E-state index in [1.54, 1.807) is 0 Å². The fourth-order valence-corrected chi connectivity index (χ4v) is 6.20. The van der Waals surface area contributed by atoms with Crippen molar-refractivity contribution in [2.75, 3.05) is 68.8 Å². The number of carbonyl (C=O) groups excluding carboxylic acids is 1. The summed E-state index contributed by atoms with van der Waals surface area (Å²) < 4.78 is 23.7. The van der Waals surface area contributed by atoms with Crippen LogP contribution in [0.1, 0.15) is 30.0 Å². The van der Waals surface area contributed by atoms with Crippen molar-refractivity contribution < 1.29 is 13.2 Å². The van der Waals surface area contributed by atoms with Crippen LogP contribution in [0.15, 0.2) is 54.6 Å². The van der Waals surface area contributed by atoms with Gasteiger partial charge in [-0.05, 0) is 49.6 Å². The molecule has 35 heavy (non-hydrogen) atoms. The van der Waals surface area contributed by atoms with Gasteiger partial charge in [0.2, 0.25) is 5.91 Å². The van der Waals surface area contributed by atoms with E-state index in [1.807, 2.05) is 35.2 Å². The zero-order chi connectivity index (χ0) is 24.7. The summed E-state index contributed by atoms with van der Waals surface area (Å²) in [5, 5.41) is 3.11. The average molecular weight is 499 g/mol. The third-order valence-electron chi connectivity index (χ3n) is 7.05. The number of piperazine rings is 1. The van der Waals surface area contributed by atoms with E-state index in [0.29, 0.717) is 19.6 Å². The molecule has 8 heteroatoms. The first-order valence-corrected chi connectivity index (χ1v) is 14.5. The zero-order valence-electron chi connectivity index (χ0n) is 20.7. The highest BCUT2D eigenvalue weighted by Crippen LogP contribution is 2.23. The van der Waals surface area contributed by atoms with E-state index in [4.69, 9.17) is 0 Å². The normalized spacial score (nSPS) is 19.9. The molecular weight excluding hydrogens is 460 g/mol. The Morgan fingerprint density at radius 3 is 2.31 bits per heavy atom. The van der Waals surface area contributed by atoms with E-state index >= 15 is 0 Å². The van der Waals surface area contributed by atoms with Crippen molar-refractivity contribution in [3.05, 3.63) is 65.7 Å². The molecule has 2 aromatic rings.